The van der Waals surface area contributed by atoms with Crippen LogP contribution in [-0.2, 0) is 14.3 Å². The first kappa shape index (κ1) is 18.2. The first-order valence-electron chi connectivity index (χ1n) is 6.55. The van der Waals surface area contributed by atoms with Crippen molar-refractivity contribution in [3.63, 3.8) is 0 Å². The number of esters is 1. The summed E-state index contributed by atoms with van der Waals surface area (Å²) in [4.78, 5) is 35.6. The van der Waals surface area contributed by atoms with Gasteiger partial charge in [-0.05, 0) is 34.6 Å². The predicted octanol–water partition coefficient (Wildman–Crippen LogP) is 1.22. The quantitative estimate of drug-likeness (QED) is 0.687. The van der Waals surface area contributed by atoms with E-state index in [-0.39, 0.29) is 25.6 Å². The van der Waals surface area contributed by atoms with Crippen LogP contribution >= 0.6 is 0 Å². The van der Waals surface area contributed by atoms with E-state index in [4.69, 9.17) is 9.84 Å². The Bertz CT molecular complexity index is 366. The SMILES string of the molecule is CCOC(=O)CN(C(=O)NC(C)(C)CC(=O)O)C(C)C. The van der Waals surface area contributed by atoms with Crippen molar-refractivity contribution < 1.29 is 24.2 Å². The molecule has 116 valence electrons. The highest BCUT2D eigenvalue weighted by atomic mass is 16.5. The molecule has 0 rings (SSSR count). The number of hydrogen-bond acceptors (Lipinski definition) is 4. The molecule has 0 unspecified atom stereocenters. The van der Waals surface area contributed by atoms with E-state index in [1.807, 2.05) is 0 Å². The van der Waals surface area contributed by atoms with Crippen molar-refractivity contribution in [3.05, 3.63) is 0 Å². The summed E-state index contributed by atoms with van der Waals surface area (Å²) in [5, 5.41) is 11.4. The van der Waals surface area contributed by atoms with E-state index in [9.17, 15) is 14.4 Å². The Morgan fingerprint density at radius 1 is 1.30 bits per heavy atom. The van der Waals surface area contributed by atoms with E-state index in [0.717, 1.165) is 0 Å². The van der Waals surface area contributed by atoms with E-state index < -0.39 is 23.5 Å². The summed E-state index contributed by atoms with van der Waals surface area (Å²) < 4.78 is 4.81. The molecule has 7 nitrogen and oxygen atoms in total. The molecule has 0 bridgehead atoms. The van der Waals surface area contributed by atoms with Gasteiger partial charge in [-0.15, -0.1) is 0 Å². The van der Waals surface area contributed by atoms with Gasteiger partial charge in [-0.25, -0.2) is 4.79 Å². The lowest BCUT2D eigenvalue weighted by atomic mass is 10.0. The largest absolute Gasteiger partial charge is 0.481 e. The number of aliphatic carboxylic acids is 1. The standard InChI is InChI=1S/C13H24N2O5/c1-6-20-11(18)8-15(9(2)3)12(19)14-13(4,5)7-10(16)17/h9H,6-8H2,1-5H3,(H,14,19)(H,16,17). The molecule has 0 saturated heterocycles. The zero-order valence-corrected chi connectivity index (χ0v) is 12.7. The molecule has 0 aromatic heterocycles. The van der Waals surface area contributed by atoms with Crippen molar-refractivity contribution in [2.45, 2.75) is 52.6 Å². The Morgan fingerprint density at radius 2 is 1.85 bits per heavy atom. The van der Waals surface area contributed by atoms with Crippen LogP contribution in [0, 0.1) is 0 Å². The molecule has 0 saturated carbocycles. The van der Waals surface area contributed by atoms with E-state index in [1.165, 1.54) is 4.90 Å². The molecule has 2 amide bonds. The van der Waals surface area contributed by atoms with Gasteiger partial charge in [0.2, 0.25) is 0 Å². The minimum Gasteiger partial charge on any atom is -0.481 e. The van der Waals surface area contributed by atoms with Gasteiger partial charge in [0.1, 0.15) is 6.54 Å². The van der Waals surface area contributed by atoms with Gasteiger partial charge in [0, 0.05) is 11.6 Å². The third-order valence-corrected chi connectivity index (χ3v) is 2.53. The average Bonchev–Trinajstić information content (AvgIpc) is 2.22. The molecule has 0 heterocycles. The Kier molecular flexibility index (Phi) is 7.02. The summed E-state index contributed by atoms with van der Waals surface area (Å²) in [7, 11) is 0. The number of ether oxygens (including phenoxy) is 1. The highest BCUT2D eigenvalue weighted by Crippen LogP contribution is 2.10. The normalized spacial score (nSPS) is 11.1. The minimum absolute atomic E-state index is 0.166. The molecule has 20 heavy (non-hydrogen) atoms. The van der Waals surface area contributed by atoms with Gasteiger partial charge in [-0.1, -0.05) is 0 Å². The van der Waals surface area contributed by atoms with Crippen LogP contribution in [0.25, 0.3) is 0 Å². The van der Waals surface area contributed by atoms with Gasteiger partial charge in [-0.2, -0.15) is 0 Å². The molecule has 2 N–H and O–H groups in total. The summed E-state index contributed by atoms with van der Waals surface area (Å²) in [5.41, 5.74) is -0.898. The molecular formula is C13H24N2O5. The van der Waals surface area contributed by atoms with Gasteiger partial charge in [0.25, 0.3) is 0 Å². The van der Waals surface area contributed by atoms with Crippen molar-refractivity contribution >= 4 is 18.0 Å². The fourth-order valence-electron chi connectivity index (χ4n) is 1.62. The van der Waals surface area contributed by atoms with Gasteiger partial charge < -0.3 is 20.1 Å². The maximum absolute atomic E-state index is 12.1. The topological polar surface area (TPSA) is 95.9 Å². The molecule has 0 aromatic carbocycles. The van der Waals surface area contributed by atoms with Crippen molar-refractivity contribution in [1.29, 1.82) is 0 Å². The number of amides is 2. The number of urea groups is 1. The number of hydrogen-bond donors (Lipinski definition) is 2. The van der Waals surface area contributed by atoms with Gasteiger partial charge in [0.15, 0.2) is 0 Å². The number of carboxylic acids is 1. The second-order valence-corrected chi connectivity index (χ2v) is 5.41. The number of carbonyl (C=O) groups is 3. The Labute approximate surface area is 119 Å². The van der Waals surface area contributed by atoms with Crippen LogP contribution in [0.15, 0.2) is 0 Å². The molecule has 0 fully saturated rings. The van der Waals surface area contributed by atoms with Gasteiger partial charge in [-0.3, -0.25) is 9.59 Å². The summed E-state index contributed by atoms with van der Waals surface area (Å²) in [6.45, 7) is 8.53. The van der Waals surface area contributed by atoms with Crippen LogP contribution in [0.2, 0.25) is 0 Å². The van der Waals surface area contributed by atoms with Gasteiger partial charge in [0.05, 0.1) is 13.0 Å². The maximum Gasteiger partial charge on any atom is 0.325 e. The third-order valence-electron chi connectivity index (χ3n) is 2.53. The smallest absolute Gasteiger partial charge is 0.325 e. The van der Waals surface area contributed by atoms with Crippen LogP contribution in [-0.4, -0.2) is 52.7 Å². The van der Waals surface area contributed by atoms with E-state index in [1.54, 1.807) is 34.6 Å². The van der Waals surface area contributed by atoms with Gasteiger partial charge >= 0.3 is 18.0 Å². The summed E-state index contributed by atoms with van der Waals surface area (Å²) in [5.74, 6) is -1.50. The van der Waals surface area contributed by atoms with Crippen molar-refractivity contribution in [2.24, 2.45) is 0 Å². The summed E-state index contributed by atoms with van der Waals surface area (Å²) in [6.07, 6.45) is -0.204. The summed E-state index contributed by atoms with van der Waals surface area (Å²) in [6, 6.07) is -0.695. The van der Waals surface area contributed by atoms with Crippen molar-refractivity contribution in [2.75, 3.05) is 13.2 Å². The average molecular weight is 288 g/mol. The lowest BCUT2D eigenvalue weighted by Gasteiger charge is -2.31. The van der Waals surface area contributed by atoms with Crippen LogP contribution in [0.5, 0.6) is 0 Å². The molecule has 0 atom stereocenters. The first-order valence-corrected chi connectivity index (χ1v) is 6.55. The van der Waals surface area contributed by atoms with Crippen molar-refractivity contribution in [3.8, 4) is 0 Å². The van der Waals surface area contributed by atoms with Crippen LogP contribution in [0.3, 0.4) is 0 Å². The van der Waals surface area contributed by atoms with E-state index in [2.05, 4.69) is 5.32 Å². The molecule has 0 aliphatic carbocycles. The number of nitrogens with one attached hydrogen (secondary N) is 1. The van der Waals surface area contributed by atoms with Crippen LogP contribution in [0.4, 0.5) is 4.79 Å². The fraction of sp³-hybridized carbons (Fsp3) is 0.769. The minimum atomic E-state index is -1.00. The lowest BCUT2D eigenvalue weighted by molar-refractivity contribution is -0.144. The predicted molar refractivity (Wildman–Crippen MR) is 73.3 cm³/mol. The number of rotatable bonds is 7. The Hall–Kier alpha value is -1.79. The maximum atomic E-state index is 12.1. The lowest BCUT2D eigenvalue weighted by Crippen LogP contribution is -2.54. The molecule has 0 aliphatic heterocycles. The first-order chi connectivity index (χ1) is 9.09. The fourth-order valence-corrected chi connectivity index (χ4v) is 1.62. The van der Waals surface area contributed by atoms with Crippen molar-refractivity contribution in [1.82, 2.24) is 10.2 Å². The number of carbonyl (C=O) groups excluding carboxylic acids is 2. The summed E-state index contributed by atoms with van der Waals surface area (Å²) >= 11 is 0. The van der Waals surface area contributed by atoms with Crippen LogP contribution in [0.1, 0.15) is 41.0 Å². The molecule has 7 heteroatoms. The zero-order chi connectivity index (χ0) is 15.9. The van der Waals surface area contributed by atoms with E-state index >= 15 is 0 Å². The number of nitrogens with zero attached hydrogens (tertiary/aromatic N) is 1. The Morgan fingerprint density at radius 3 is 2.25 bits per heavy atom. The molecule has 0 aliphatic rings. The zero-order valence-electron chi connectivity index (χ0n) is 12.7. The second kappa shape index (κ2) is 7.72. The molecule has 0 spiro atoms. The second-order valence-electron chi connectivity index (χ2n) is 5.41. The highest BCUT2D eigenvalue weighted by molar-refractivity contribution is 5.82. The Balaban J connectivity index is 4.73. The monoisotopic (exact) mass is 288 g/mol. The van der Waals surface area contributed by atoms with Crippen LogP contribution < -0.4 is 5.32 Å². The molecule has 0 aromatic rings. The molecular weight excluding hydrogens is 264 g/mol. The van der Waals surface area contributed by atoms with E-state index in [0.29, 0.717) is 0 Å². The molecule has 0 radical (unpaired) electrons. The highest BCUT2D eigenvalue weighted by Gasteiger charge is 2.28. The third kappa shape index (κ3) is 6.96. The number of carboxylic acid groups (broad SMARTS) is 1.